The highest BCUT2D eigenvalue weighted by Gasteiger charge is 2.21. The molecular formula is C16H27N3. The molecule has 1 N–H and O–H groups in total. The summed E-state index contributed by atoms with van der Waals surface area (Å²) in [7, 11) is 2.29. The van der Waals surface area contributed by atoms with Crippen molar-refractivity contribution in [2.45, 2.75) is 63.7 Å². The zero-order chi connectivity index (χ0) is 13.1. The van der Waals surface area contributed by atoms with Gasteiger partial charge in [0.2, 0.25) is 0 Å². The molecule has 106 valence electrons. The third-order valence-corrected chi connectivity index (χ3v) is 4.70. The van der Waals surface area contributed by atoms with Gasteiger partial charge in [-0.05, 0) is 57.8 Å². The number of nitrogens with zero attached hydrogens (tertiary/aromatic N) is 2. The molecule has 1 atom stereocenters. The van der Waals surface area contributed by atoms with E-state index in [0.29, 0.717) is 0 Å². The van der Waals surface area contributed by atoms with Crippen molar-refractivity contribution >= 4 is 0 Å². The smallest absolute Gasteiger partial charge is 0.0361 e. The highest BCUT2D eigenvalue weighted by molar-refractivity contribution is 5.07. The maximum Gasteiger partial charge on any atom is 0.0361 e. The second-order valence-corrected chi connectivity index (χ2v) is 6.27. The standard InChI is InChI=1S/C16H27N3/c1-18-10-3-2-5-15(18)9-12-19-11-4-6-16(19)13-17-14-7-8-14/h4,6,11,14-15,17H,2-3,5,7-10,12-13H2,1H3. The van der Waals surface area contributed by atoms with E-state index >= 15 is 0 Å². The molecule has 1 aliphatic carbocycles. The second kappa shape index (κ2) is 6.10. The predicted octanol–water partition coefficient (Wildman–Crippen LogP) is 2.61. The van der Waals surface area contributed by atoms with Crippen LogP contribution in [0.5, 0.6) is 0 Å². The van der Waals surface area contributed by atoms with Crippen molar-refractivity contribution in [3.63, 3.8) is 0 Å². The van der Waals surface area contributed by atoms with Crippen molar-refractivity contribution in [2.24, 2.45) is 0 Å². The van der Waals surface area contributed by atoms with Crippen molar-refractivity contribution < 1.29 is 0 Å². The van der Waals surface area contributed by atoms with Gasteiger partial charge in [-0.25, -0.2) is 0 Å². The molecule has 1 aromatic rings. The molecule has 1 unspecified atom stereocenters. The van der Waals surface area contributed by atoms with Crippen molar-refractivity contribution in [1.29, 1.82) is 0 Å². The minimum atomic E-state index is 0.792. The predicted molar refractivity (Wildman–Crippen MR) is 79.2 cm³/mol. The average molecular weight is 261 g/mol. The summed E-state index contributed by atoms with van der Waals surface area (Å²) in [5, 5.41) is 3.61. The average Bonchev–Trinajstić information content (AvgIpc) is 3.14. The van der Waals surface area contributed by atoms with Crippen LogP contribution in [0.2, 0.25) is 0 Å². The zero-order valence-corrected chi connectivity index (χ0v) is 12.1. The molecule has 1 saturated carbocycles. The maximum atomic E-state index is 3.61. The third kappa shape index (κ3) is 3.61. The van der Waals surface area contributed by atoms with E-state index in [2.05, 4.69) is 40.2 Å². The van der Waals surface area contributed by atoms with Gasteiger partial charge in [0.25, 0.3) is 0 Å². The number of aromatic nitrogens is 1. The fraction of sp³-hybridized carbons (Fsp3) is 0.750. The summed E-state index contributed by atoms with van der Waals surface area (Å²) in [5.41, 5.74) is 1.45. The SMILES string of the molecule is CN1CCCCC1CCn1cccc1CNC1CC1. The Morgan fingerprint density at radius 3 is 2.95 bits per heavy atom. The number of hydrogen-bond acceptors (Lipinski definition) is 2. The van der Waals surface area contributed by atoms with E-state index in [1.165, 1.54) is 57.3 Å². The minimum Gasteiger partial charge on any atom is -0.350 e. The van der Waals surface area contributed by atoms with Crippen LogP contribution in [0.4, 0.5) is 0 Å². The first-order chi connectivity index (χ1) is 9.33. The summed E-state index contributed by atoms with van der Waals surface area (Å²) in [5.74, 6) is 0. The Morgan fingerprint density at radius 2 is 2.16 bits per heavy atom. The van der Waals surface area contributed by atoms with Crippen LogP contribution in [0.1, 0.15) is 44.2 Å². The second-order valence-electron chi connectivity index (χ2n) is 6.27. The first kappa shape index (κ1) is 13.2. The molecule has 3 heteroatoms. The van der Waals surface area contributed by atoms with Crippen LogP contribution >= 0.6 is 0 Å². The van der Waals surface area contributed by atoms with E-state index in [-0.39, 0.29) is 0 Å². The molecule has 3 rings (SSSR count). The van der Waals surface area contributed by atoms with E-state index in [0.717, 1.165) is 18.6 Å². The number of aryl methyl sites for hydroxylation is 1. The molecule has 1 saturated heterocycles. The fourth-order valence-electron chi connectivity index (χ4n) is 3.16. The van der Waals surface area contributed by atoms with Gasteiger partial charge in [-0.1, -0.05) is 6.42 Å². The van der Waals surface area contributed by atoms with Crippen LogP contribution in [0.25, 0.3) is 0 Å². The molecule has 19 heavy (non-hydrogen) atoms. The summed E-state index contributed by atoms with van der Waals surface area (Å²) in [6.07, 6.45) is 10.5. The summed E-state index contributed by atoms with van der Waals surface area (Å²) >= 11 is 0. The summed E-state index contributed by atoms with van der Waals surface area (Å²) in [6.45, 7) is 3.49. The molecule has 3 nitrogen and oxygen atoms in total. The number of rotatable bonds is 6. The lowest BCUT2D eigenvalue weighted by atomic mass is 10.0. The van der Waals surface area contributed by atoms with Crippen LogP contribution in [0.15, 0.2) is 18.3 Å². The van der Waals surface area contributed by atoms with E-state index in [4.69, 9.17) is 0 Å². The Bertz CT molecular complexity index is 394. The molecule has 0 amide bonds. The summed E-state index contributed by atoms with van der Waals surface area (Å²) < 4.78 is 2.44. The molecule has 0 radical (unpaired) electrons. The Kier molecular flexibility index (Phi) is 4.24. The first-order valence-corrected chi connectivity index (χ1v) is 7.90. The third-order valence-electron chi connectivity index (χ3n) is 4.70. The minimum absolute atomic E-state index is 0.792. The molecule has 2 fully saturated rings. The van der Waals surface area contributed by atoms with Crippen molar-refractivity contribution in [3.05, 3.63) is 24.0 Å². The van der Waals surface area contributed by atoms with Gasteiger partial charge >= 0.3 is 0 Å². The molecule has 0 spiro atoms. The van der Waals surface area contributed by atoms with E-state index in [1.54, 1.807) is 0 Å². The summed E-state index contributed by atoms with van der Waals surface area (Å²) in [4.78, 5) is 2.55. The van der Waals surface area contributed by atoms with Crippen LogP contribution in [0, 0.1) is 0 Å². The Hall–Kier alpha value is -0.800. The monoisotopic (exact) mass is 261 g/mol. The maximum absolute atomic E-state index is 3.61. The van der Waals surface area contributed by atoms with Gasteiger partial charge in [-0.15, -0.1) is 0 Å². The molecule has 2 heterocycles. The van der Waals surface area contributed by atoms with Gasteiger partial charge in [-0.3, -0.25) is 0 Å². The Balaban J connectivity index is 1.49. The van der Waals surface area contributed by atoms with E-state index in [1.807, 2.05) is 0 Å². The van der Waals surface area contributed by atoms with E-state index < -0.39 is 0 Å². The fourth-order valence-corrected chi connectivity index (χ4v) is 3.16. The molecule has 1 aliphatic heterocycles. The van der Waals surface area contributed by atoms with Gasteiger partial charge < -0.3 is 14.8 Å². The van der Waals surface area contributed by atoms with Gasteiger partial charge in [-0.2, -0.15) is 0 Å². The number of nitrogens with one attached hydrogen (secondary N) is 1. The Morgan fingerprint density at radius 1 is 1.26 bits per heavy atom. The van der Waals surface area contributed by atoms with Crippen LogP contribution < -0.4 is 5.32 Å². The lowest BCUT2D eigenvalue weighted by Crippen LogP contribution is -2.36. The lowest BCUT2D eigenvalue weighted by molar-refractivity contribution is 0.171. The van der Waals surface area contributed by atoms with Gasteiger partial charge in [0.05, 0.1) is 0 Å². The summed E-state index contributed by atoms with van der Waals surface area (Å²) in [6, 6.07) is 6.04. The van der Waals surface area contributed by atoms with Crippen molar-refractivity contribution in [1.82, 2.24) is 14.8 Å². The normalized spacial score (nSPS) is 24.8. The zero-order valence-electron chi connectivity index (χ0n) is 12.1. The van der Waals surface area contributed by atoms with Gasteiger partial charge in [0.15, 0.2) is 0 Å². The molecule has 0 bridgehead atoms. The number of likely N-dealkylation sites (tertiary alicyclic amines) is 1. The van der Waals surface area contributed by atoms with Gasteiger partial charge in [0.1, 0.15) is 0 Å². The largest absolute Gasteiger partial charge is 0.350 e. The molecule has 1 aromatic heterocycles. The number of hydrogen-bond donors (Lipinski definition) is 1. The van der Waals surface area contributed by atoms with Crippen molar-refractivity contribution in [3.8, 4) is 0 Å². The van der Waals surface area contributed by atoms with Crippen molar-refractivity contribution in [2.75, 3.05) is 13.6 Å². The quantitative estimate of drug-likeness (QED) is 0.849. The van der Waals surface area contributed by atoms with Gasteiger partial charge in [0, 0.05) is 37.1 Å². The first-order valence-electron chi connectivity index (χ1n) is 7.90. The molecule has 2 aliphatic rings. The van der Waals surface area contributed by atoms with Crippen LogP contribution in [0.3, 0.4) is 0 Å². The molecular weight excluding hydrogens is 234 g/mol. The molecule has 0 aromatic carbocycles. The topological polar surface area (TPSA) is 20.2 Å². The Labute approximate surface area is 117 Å². The number of piperidine rings is 1. The lowest BCUT2D eigenvalue weighted by Gasteiger charge is -2.32. The van der Waals surface area contributed by atoms with Crippen LogP contribution in [-0.4, -0.2) is 35.1 Å². The van der Waals surface area contributed by atoms with E-state index in [9.17, 15) is 0 Å². The highest BCUT2D eigenvalue weighted by Crippen LogP contribution is 2.20. The van der Waals surface area contributed by atoms with Crippen LogP contribution in [-0.2, 0) is 13.1 Å². The highest BCUT2D eigenvalue weighted by atomic mass is 15.1.